The second-order valence-corrected chi connectivity index (χ2v) is 1.80. The summed E-state index contributed by atoms with van der Waals surface area (Å²) in [6.07, 6.45) is 2.89. The van der Waals surface area contributed by atoms with Crippen molar-refractivity contribution in [3.05, 3.63) is 12.0 Å². The van der Waals surface area contributed by atoms with Gasteiger partial charge in [-0.2, -0.15) is 0 Å². The molecule has 0 aliphatic carbocycles. The van der Waals surface area contributed by atoms with E-state index in [1.165, 1.54) is 0 Å². The highest BCUT2D eigenvalue weighted by molar-refractivity contribution is 4.81. The summed E-state index contributed by atoms with van der Waals surface area (Å²) in [7, 11) is 0. The standard InChI is InChI=1S/C8H16O2/c1-4-7-8(9-5-2)10-6-3/h7H,4-6H2,1-3H3. The normalized spacial score (nSPS) is 8.70. The van der Waals surface area contributed by atoms with Gasteiger partial charge in [0.05, 0.1) is 13.2 Å². The predicted molar refractivity (Wildman–Crippen MR) is 41.6 cm³/mol. The van der Waals surface area contributed by atoms with Gasteiger partial charge in [-0.3, -0.25) is 0 Å². The van der Waals surface area contributed by atoms with Gasteiger partial charge in [0, 0.05) is 0 Å². The molecule has 0 amide bonds. The van der Waals surface area contributed by atoms with Crippen LogP contribution in [0.4, 0.5) is 0 Å². The Hall–Kier alpha value is -0.660. The van der Waals surface area contributed by atoms with E-state index in [2.05, 4.69) is 6.92 Å². The first-order valence-electron chi connectivity index (χ1n) is 3.80. The molecule has 0 heterocycles. The summed E-state index contributed by atoms with van der Waals surface area (Å²) in [6.45, 7) is 7.29. The highest BCUT2D eigenvalue weighted by Gasteiger charge is 1.92. The van der Waals surface area contributed by atoms with Gasteiger partial charge in [-0.05, 0) is 26.3 Å². The summed E-state index contributed by atoms with van der Waals surface area (Å²) in [4.78, 5) is 0. The zero-order chi connectivity index (χ0) is 7.82. The number of rotatable bonds is 5. The fraction of sp³-hybridized carbons (Fsp3) is 0.750. The molecule has 0 N–H and O–H groups in total. The third-order valence-electron chi connectivity index (χ3n) is 0.944. The van der Waals surface area contributed by atoms with Crippen molar-refractivity contribution in [1.82, 2.24) is 0 Å². The lowest BCUT2D eigenvalue weighted by atomic mass is 10.5. The lowest BCUT2D eigenvalue weighted by Crippen LogP contribution is -1.96. The SMILES string of the molecule is CCC=C(OCC)OCC. The van der Waals surface area contributed by atoms with Crippen LogP contribution in [-0.2, 0) is 9.47 Å². The van der Waals surface area contributed by atoms with Gasteiger partial charge in [-0.15, -0.1) is 0 Å². The first-order valence-corrected chi connectivity index (χ1v) is 3.80. The maximum absolute atomic E-state index is 5.16. The molecule has 2 nitrogen and oxygen atoms in total. The van der Waals surface area contributed by atoms with Crippen molar-refractivity contribution >= 4 is 0 Å². The first kappa shape index (κ1) is 9.34. The van der Waals surface area contributed by atoms with Crippen LogP contribution in [0.1, 0.15) is 27.2 Å². The Kier molecular flexibility index (Phi) is 6.03. The molecule has 2 heteroatoms. The molecule has 0 aromatic carbocycles. The maximum atomic E-state index is 5.16. The number of hydrogen-bond donors (Lipinski definition) is 0. The van der Waals surface area contributed by atoms with E-state index in [1.54, 1.807) is 0 Å². The van der Waals surface area contributed by atoms with E-state index in [-0.39, 0.29) is 0 Å². The van der Waals surface area contributed by atoms with E-state index in [0.717, 1.165) is 6.42 Å². The zero-order valence-corrected chi connectivity index (χ0v) is 7.02. The Morgan fingerprint density at radius 2 is 1.60 bits per heavy atom. The lowest BCUT2D eigenvalue weighted by Gasteiger charge is -2.07. The van der Waals surface area contributed by atoms with E-state index in [9.17, 15) is 0 Å². The first-order chi connectivity index (χ1) is 4.85. The Bertz CT molecular complexity index is 89.4. The minimum atomic E-state index is 0.660. The molecule has 0 aromatic rings. The van der Waals surface area contributed by atoms with Crippen LogP contribution >= 0.6 is 0 Å². The number of hydrogen-bond acceptors (Lipinski definition) is 2. The molecule has 0 saturated carbocycles. The Morgan fingerprint density at radius 3 is 1.90 bits per heavy atom. The van der Waals surface area contributed by atoms with Crippen LogP contribution in [0.25, 0.3) is 0 Å². The molecule has 60 valence electrons. The topological polar surface area (TPSA) is 18.5 Å². The van der Waals surface area contributed by atoms with Crippen LogP contribution in [0.3, 0.4) is 0 Å². The highest BCUT2D eigenvalue weighted by Crippen LogP contribution is 2.00. The molecule has 0 aliphatic rings. The van der Waals surface area contributed by atoms with Crippen molar-refractivity contribution in [3.63, 3.8) is 0 Å². The minimum absolute atomic E-state index is 0.660. The van der Waals surface area contributed by atoms with Crippen LogP contribution in [0, 0.1) is 0 Å². The molecule has 0 bridgehead atoms. The second-order valence-electron chi connectivity index (χ2n) is 1.80. The molecular weight excluding hydrogens is 128 g/mol. The molecule has 0 atom stereocenters. The third-order valence-corrected chi connectivity index (χ3v) is 0.944. The third kappa shape index (κ3) is 4.24. The summed E-state index contributed by atoms with van der Waals surface area (Å²) in [5.41, 5.74) is 0. The van der Waals surface area contributed by atoms with Gasteiger partial charge in [-0.25, -0.2) is 0 Å². The second kappa shape index (κ2) is 6.46. The van der Waals surface area contributed by atoms with Crippen molar-refractivity contribution < 1.29 is 9.47 Å². The average Bonchev–Trinajstić information content (AvgIpc) is 1.90. The maximum Gasteiger partial charge on any atom is 0.274 e. The van der Waals surface area contributed by atoms with Crippen LogP contribution < -0.4 is 0 Å². The summed E-state index contributed by atoms with van der Waals surface area (Å²) in [6, 6.07) is 0. The molecule has 0 rings (SSSR count). The molecule has 0 unspecified atom stereocenters. The molecule has 0 spiro atoms. The van der Waals surface area contributed by atoms with Crippen molar-refractivity contribution in [2.75, 3.05) is 13.2 Å². The van der Waals surface area contributed by atoms with E-state index < -0.39 is 0 Å². The van der Waals surface area contributed by atoms with E-state index in [0.29, 0.717) is 19.2 Å². The summed E-state index contributed by atoms with van der Waals surface area (Å²) < 4.78 is 10.3. The molecule has 0 aromatic heterocycles. The fourth-order valence-electron chi connectivity index (χ4n) is 0.611. The molecule has 0 radical (unpaired) electrons. The highest BCUT2D eigenvalue weighted by atomic mass is 16.7. The monoisotopic (exact) mass is 144 g/mol. The lowest BCUT2D eigenvalue weighted by molar-refractivity contribution is 0.0456. The van der Waals surface area contributed by atoms with Crippen molar-refractivity contribution in [1.29, 1.82) is 0 Å². The van der Waals surface area contributed by atoms with Crippen molar-refractivity contribution in [2.45, 2.75) is 27.2 Å². The Balaban J connectivity index is 3.60. The molecule has 0 saturated heterocycles. The summed E-state index contributed by atoms with van der Waals surface area (Å²) >= 11 is 0. The van der Waals surface area contributed by atoms with E-state index >= 15 is 0 Å². The molecule has 0 aliphatic heterocycles. The summed E-state index contributed by atoms with van der Waals surface area (Å²) in [5.74, 6) is 0.660. The van der Waals surface area contributed by atoms with Gasteiger partial charge in [0.2, 0.25) is 0 Å². The van der Waals surface area contributed by atoms with Crippen LogP contribution in [0.2, 0.25) is 0 Å². The van der Waals surface area contributed by atoms with Gasteiger partial charge < -0.3 is 9.47 Å². The van der Waals surface area contributed by atoms with Gasteiger partial charge in [0.25, 0.3) is 5.95 Å². The molecule has 0 fully saturated rings. The van der Waals surface area contributed by atoms with Crippen LogP contribution in [0.5, 0.6) is 0 Å². The Morgan fingerprint density at radius 1 is 1.10 bits per heavy atom. The Labute approximate surface area is 62.8 Å². The average molecular weight is 144 g/mol. The van der Waals surface area contributed by atoms with E-state index in [4.69, 9.17) is 9.47 Å². The fourth-order valence-corrected chi connectivity index (χ4v) is 0.611. The minimum Gasteiger partial charge on any atom is -0.466 e. The zero-order valence-electron chi connectivity index (χ0n) is 7.02. The van der Waals surface area contributed by atoms with Gasteiger partial charge in [0.15, 0.2) is 0 Å². The number of ether oxygens (including phenoxy) is 2. The van der Waals surface area contributed by atoms with Crippen molar-refractivity contribution in [3.8, 4) is 0 Å². The van der Waals surface area contributed by atoms with E-state index in [1.807, 2.05) is 19.9 Å². The van der Waals surface area contributed by atoms with Gasteiger partial charge in [-0.1, -0.05) is 6.92 Å². The predicted octanol–water partition coefficient (Wildman–Crippen LogP) is 2.31. The molecule has 10 heavy (non-hydrogen) atoms. The molecular formula is C8H16O2. The van der Waals surface area contributed by atoms with Crippen molar-refractivity contribution in [2.24, 2.45) is 0 Å². The smallest absolute Gasteiger partial charge is 0.274 e. The van der Waals surface area contributed by atoms with Crippen LogP contribution in [-0.4, -0.2) is 13.2 Å². The van der Waals surface area contributed by atoms with Gasteiger partial charge >= 0.3 is 0 Å². The van der Waals surface area contributed by atoms with Crippen LogP contribution in [0.15, 0.2) is 12.0 Å². The quantitative estimate of drug-likeness (QED) is 0.551. The summed E-state index contributed by atoms with van der Waals surface area (Å²) in [5, 5.41) is 0. The van der Waals surface area contributed by atoms with Gasteiger partial charge in [0.1, 0.15) is 0 Å². The number of allylic oxidation sites excluding steroid dienone is 1. The largest absolute Gasteiger partial charge is 0.466 e.